The van der Waals surface area contributed by atoms with Crippen LogP contribution in [0.1, 0.15) is 24.0 Å². The SMILES string of the molecule is Cc1ccc(CCN(CC(F)(F)F)C(=O)CCCN)cc1. The second kappa shape index (κ2) is 8.02. The Morgan fingerprint density at radius 1 is 1.24 bits per heavy atom. The fraction of sp³-hybridized carbons (Fsp3) is 0.533. The van der Waals surface area contributed by atoms with Crippen LogP contribution >= 0.6 is 0 Å². The molecule has 0 aliphatic rings. The Morgan fingerprint density at radius 3 is 2.38 bits per heavy atom. The van der Waals surface area contributed by atoms with Gasteiger partial charge < -0.3 is 10.6 Å². The molecule has 0 radical (unpaired) electrons. The van der Waals surface area contributed by atoms with E-state index in [4.69, 9.17) is 5.73 Å². The van der Waals surface area contributed by atoms with Gasteiger partial charge in [-0.25, -0.2) is 0 Å². The van der Waals surface area contributed by atoms with Crippen LogP contribution in [0.3, 0.4) is 0 Å². The van der Waals surface area contributed by atoms with E-state index >= 15 is 0 Å². The summed E-state index contributed by atoms with van der Waals surface area (Å²) in [5.41, 5.74) is 7.29. The fourth-order valence-corrected chi connectivity index (χ4v) is 1.94. The van der Waals surface area contributed by atoms with Gasteiger partial charge in [-0.3, -0.25) is 4.79 Å². The molecule has 0 aliphatic heterocycles. The van der Waals surface area contributed by atoms with Crippen LogP contribution in [0.2, 0.25) is 0 Å². The number of nitrogens with two attached hydrogens (primary N) is 1. The summed E-state index contributed by atoms with van der Waals surface area (Å²) in [6, 6.07) is 7.54. The number of nitrogens with zero attached hydrogens (tertiary/aromatic N) is 1. The first-order valence-electron chi connectivity index (χ1n) is 6.92. The third kappa shape index (κ3) is 7.13. The maximum absolute atomic E-state index is 12.5. The summed E-state index contributed by atoms with van der Waals surface area (Å²) >= 11 is 0. The third-order valence-electron chi connectivity index (χ3n) is 3.11. The predicted molar refractivity (Wildman–Crippen MR) is 75.8 cm³/mol. The number of rotatable bonds is 7. The van der Waals surface area contributed by atoms with E-state index in [0.717, 1.165) is 16.0 Å². The molecule has 0 spiro atoms. The minimum absolute atomic E-state index is 0.0560. The van der Waals surface area contributed by atoms with Gasteiger partial charge in [0, 0.05) is 13.0 Å². The Kier molecular flexibility index (Phi) is 6.68. The van der Waals surface area contributed by atoms with E-state index in [0.29, 0.717) is 19.4 Å². The smallest absolute Gasteiger partial charge is 0.333 e. The molecule has 2 N–H and O–H groups in total. The first-order chi connectivity index (χ1) is 9.81. The van der Waals surface area contributed by atoms with E-state index in [-0.39, 0.29) is 13.0 Å². The first kappa shape index (κ1) is 17.5. The molecule has 118 valence electrons. The van der Waals surface area contributed by atoms with Crippen LogP contribution in [0.5, 0.6) is 0 Å². The van der Waals surface area contributed by atoms with Gasteiger partial charge in [-0.2, -0.15) is 13.2 Å². The number of amides is 1. The van der Waals surface area contributed by atoms with Crippen LogP contribution in [0.25, 0.3) is 0 Å². The van der Waals surface area contributed by atoms with Crippen LogP contribution < -0.4 is 5.73 Å². The molecular weight excluding hydrogens is 281 g/mol. The van der Waals surface area contributed by atoms with E-state index in [1.165, 1.54) is 0 Å². The molecule has 0 aliphatic carbocycles. The normalized spacial score (nSPS) is 11.5. The van der Waals surface area contributed by atoms with Crippen molar-refractivity contribution in [1.29, 1.82) is 0 Å². The topological polar surface area (TPSA) is 46.3 Å². The van der Waals surface area contributed by atoms with E-state index in [1.807, 2.05) is 31.2 Å². The van der Waals surface area contributed by atoms with Gasteiger partial charge in [-0.1, -0.05) is 29.8 Å². The lowest BCUT2D eigenvalue weighted by Gasteiger charge is -2.24. The van der Waals surface area contributed by atoms with Crippen molar-refractivity contribution in [3.63, 3.8) is 0 Å². The van der Waals surface area contributed by atoms with Crippen LogP contribution in [0.4, 0.5) is 13.2 Å². The number of carbonyl (C=O) groups is 1. The lowest BCUT2D eigenvalue weighted by atomic mass is 10.1. The van der Waals surface area contributed by atoms with Gasteiger partial charge in [0.05, 0.1) is 0 Å². The molecule has 6 heteroatoms. The lowest BCUT2D eigenvalue weighted by molar-refractivity contribution is -0.161. The highest BCUT2D eigenvalue weighted by Crippen LogP contribution is 2.18. The molecule has 0 bridgehead atoms. The number of hydrogen-bond acceptors (Lipinski definition) is 2. The maximum atomic E-state index is 12.5. The van der Waals surface area contributed by atoms with E-state index in [9.17, 15) is 18.0 Å². The molecule has 0 fully saturated rings. The highest BCUT2D eigenvalue weighted by atomic mass is 19.4. The summed E-state index contributed by atoms with van der Waals surface area (Å²) in [7, 11) is 0. The van der Waals surface area contributed by atoms with Gasteiger partial charge in [0.2, 0.25) is 5.91 Å². The molecule has 1 amide bonds. The van der Waals surface area contributed by atoms with E-state index in [1.54, 1.807) is 0 Å². The van der Waals surface area contributed by atoms with Crippen molar-refractivity contribution in [1.82, 2.24) is 4.90 Å². The summed E-state index contributed by atoms with van der Waals surface area (Å²) in [4.78, 5) is 12.7. The van der Waals surface area contributed by atoms with Crippen LogP contribution in [0, 0.1) is 6.92 Å². The van der Waals surface area contributed by atoms with Gasteiger partial charge in [0.25, 0.3) is 0 Å². The van der Waals surface area contributed by atoms with Crippen molar-refractivity contribution in [3.8, 4) is 0 Å². The van der Waals surface area contributed by atoms with E-state index in [2.05, 4.69) is 0 Å². The first-order valence-corrected chi connectivity index (χ1v) is 6.92. The zero-order chi connectivity index (χ0) is 15.9. The van der Waals surface area contributed by atoms with Crippen molar-refractivity contribution < 1.29 is 18.0 Å². The minimum Gasteiger partial charge on any atom is -0.333 e. The Balaban J connectivity index is 2.63. The van der Waals surface area contributed by atoms with Crippen molar-refractivity contribution in [3.05, 3.63) is 35.4 Å². The average molecular weight is 302 g/mol. The van der Waals surface area contributed by atoms with Crippen molar-refractivity contribution in [2.45, 2.75) is 32.4 Å². The largest absolute Gasteiger partial charge is 0.406 e. The molecule has 0 unspecified atom stereocenters. The van der Waals surface area contributed by atoms with Gasteiger partial charge in [0.15, 0.2) is 0 Å². The van der Waals surface area contributed by atoms with Crippen molar-refractivity contribution in [2.24, 2.45) is 5.73 Å². The number of benzene rings is 1. The molecular formula is C15H21F3N2O. The summed E-state index contributed by atoms with van der Waals surface area (Å²) < 4.78 is 37.6. The van der Waals surface area contributed by atoms with Gasteiger partial charge in [0.1, 0.15) is 6.54 Å². The van der Waals surface area contributed by atoms with Gasteiger partial charge in [-0.15, -0.1) is 0 Å². The monoisotopic (exact) mass is 302 g/mol. The number of hydrogen-bond donors (Lipinski definition) is 1. The van der Waals surface area contributed by atoms with Crippen LogP contribution in [-0.2, 0) is 11.2 Å². The highest BCUT2D eigenvalue weighted by Gasteiger charge is 2.32. The van der Waals surface area contributed by atoms with E-state index < -0.39 is 18.6 Å². The molecule has 1 rings (SSSR count). The molecule has 1 aromatic carbocycles. The molecule has 21 heavy (non-hydrogen) atoms. The zero-order valence-electron chi connectivity index (χ0n) is 12.1. The van der Waals surface area contributed by atoms with Crippen LogP contribution in [-0.4, -0.2) is 36.6 Å². The number of aryl methyl sites for hydroxylation is 1. The van der Waals surface area contributed by atoms with Crippen molar-refractivity contribution in [2.75, 3.05) is 19.6 Å². The van der Waals surface area contributed by atoms with Gasteiger partial charge in [-0.05, 0) is 31.9 Å². The quantitative estimate of drug-likeness (QED) is 0.841. The third-order valence-corrected chi connectivity index (χ3v) is 3.11. The summed E-state index contributed by atoms with van der Waals surface area (Å²) in [6.07, 6.45) is -3.52. The molecule has 3 nitrogen and oxygen atoms in total. The Labute approximate surface area is 122 Å². The Hall–Kier alpha value is -1.56. The second-order valence-electron chi connectivity index (χ2n) is 5.06. The molecule has 0 saturated carbocycles. The summed E-state index contributed by atoms with van der Waals surface area (Å²) in [5.74, 6) is -0.495. The Morgan fingerprint density at radius 2 is 1.86 bits per heavy atom. The maximum Gasteiger partial charge on any atom is 0.406 e. The number of halogens is 3. The molecule has 0 saturated heterocycles. The van der Waals surface area contributed by atoms with Crippen LogP contribution in [0.15, 0.2) is 24.3 Å². The lowest BCUT2D eigenvalue weighted by Crippen LogP contribution is -2.40. The summed E-state index contributed by atoms with van der Waals surface area (Å²) in [5, 5.41) is 0. The Bertz CT molecular complexity index is 443. The molecule has 0 atom stereocenters. The summed E-state index contributed by atoms with van der Waals surface area (Å²) in [6.45, 7) is 1.09. The van der Waals surface area contributed by atoms with Crippen molar-refractivity contribution >= 4 is 5.91 Å². The highest BCUT2D eigenvalue weighted by molar-refractivity contribution is 5.76. The molecule has 0 heterocycles. The number of alkyl halides is 3. The zero-order valence-corrected chi connectivity index (χ0v) is 12.1. The second-order valence-corrected chi connectivity index (χ2v) is 5.06. The van der Waals surface area contributed by atoms with Gasteiger partial charge >= 0.3 is 6.18 Å². The fourth-order valence-electron chi connectivity index (χ4n) is 1.94. The molecule has 1 aromatic rings. The standard InChI is InChI=1S/C15H21F3N2O/c1-12-4-6-13(7-5-12)8-10-20(11-15(16,17)18)14(21)3-2-9-19/h4-7H,2-3,8-11,19H2,1H3. The molecule has 0 aromatic heterocycles. The number of carbonyl (C=O) groups excluding carboxylic acids is 1. The minimum atomic E-state index is -4.38. The average Bonchev–Trinajstić information content (AvgIpc) is 2.41. The predicted octanol–water partition coefficient (Wildman–Crippen LogP) is 2.67.